The van der Waals surface area contributed by atoms with Crippen molar-refractivity contribution in [3.8, 4) is 11.5 Å². The maximum absolute atomic E-state index is 13.9. The fourth-order valence-corrected chi connectivity index (χ4v) is 6.16. The summed E-state index contributed by atoms with van der Waals surface area (Å²) in [7, 11) is 3.23. The number of thiazole rings is 1. The number of halogens is 1. The first-order valence-electron chi connectivity index (χ1n) is 11.7. The molecule has 2 aliphatic rings. The molecule has 0 N–H and O–H groups in total. The average Bonchev–Trinajstić information content (AvgIpc) is 3.22. The molecule has 0 bridgehead atoms. The van der Waals surface area contributed by atoms with Crippen molar-refractivity contribution in [2.45, 2.75) is 18.9 Å². The number of rotatable bonds is 4. The van der Waals surface area contributed by atoms with Crippen LogP contribution in [0.1, 0.15) is 34.7 Å². The molecule has 7 heteroatoms. The third-order valence-electron chi connectivity index (χ3n) is 6.79. The SMILES string of the molecule is COc1ccc(C=c2sc3n(c2=O)C(c2ccc(Cl)cc2)C2=C(N=3)c3ccccc3CC2)c(OC)c1. The first-order valence-corrected chi connectivity index (χ1v) is 12.9. The van der Waals surface area contributed by atoms with Crippen LogP contribution in [0.4, 0.5) is 0 Å². The smallest absolute Gasteiger partial charge is 0.271 e. The lowest BCUT2D eigenvalue weighted by atomic mass is 9.83. The van der Waals surface area contributed by atoms with Gasteiger partial charge < -0.3 is 9.47 Å². The quantitative estimate of drug-likeness (QED) is 0.385. The maximum Gasteiger partial charge on any atom is 0.271 e. The van der Waals surface area contributed by atoms with Crippen LogP contribution in [0.3, 0.4) is 0 Å². The minimum Gasteiger partial charge on any atom is -0.497 e. The van der Waals surface area contributed by atoms with Gasteiger partial charge in [0.2, 0.25) is 0 Å². The molecule has 0 saturated heterocycles. The molecule has 1 aliphatic heterocycles. The summed E-state index contributed by atoms with van der Waals surface area (Å²) in [6.45, 7) is 0. The van der Waals surface area contributed by atoms with Gasteiger partial charge in [-0.1, -0.05) is 59.3 Å². The van der Waals surface area contributed by atoms with Gasteiger partial charge in [0.15, 0.2) is 4.80 Å². The zero-order valence-electron chi connectivity index (χ0n) is 19.8. The van der Waals surface area contributed by atoms with Gasteiger partial charge in [-0.15, -0.1) is 0 Å². The van der Waals surface area contributed by atoms with E-state index in [1.54, 1.807) is 14.2 Å². The number of benzene rings is 3. The van der Waals surface area contributed by atoms with Crippen molar-refractivity contribution in [3.05, 3.63) is 119 Å². The van der Waals surface area contributed by atoms with Crippen molar-refractivity contribution in [3.63, 3.8) is 0 Å². The molecule has 1 aliphatic carbocycles. The fourth-order valence-electron chi connectivity index (χ4n) is 5.05. The highest BCUT2D eigenvalue weighted by Crippen LogP contribution is 2.41. The second kappa shape index (κ2) is 9.12. The molecular weight excluding hydrogens is 492 g/mol. The zero-order valence-corrected chi connectivity index (χ0v) is 21.4. The van der Waals surface area contributed by atoms with Crippen LogP contribution in [0.25, 0.3) is 11.8 Å². The summed E-state index contributed by atoms with van der Waals surface area (Å²) in [5.41, 5.74) is 6.34. The number of aryl methyl sites for hydroxylation is 1. The Kier molecular flexibility index (Phi) is 5.78. The van der Waals surface area contributed by atoms with Crippen molar-refractivity contribution in [1.82, 2.24) is 4.57 Å². The number of ether oxygens (including phenoxy) is 2. The molecule has 0 fully saturated rings. The van der Waals surface area contributed by atoms with E-state index in [1.165, 1.54) is 16.9 Å². The van der Waals surface area contributed by atoms with E-state index < -0.39 is 0 Å². The van der Waals surface area contributed by atoms with E-state index in [0.717, 1.165) is 40.8 Å². The van der Waals surface area contributed by atoms with E-state index in [0.29, 0.717) is 25.9 Å². The van der Waals surface area contributed by atoms with Gasteiger partial charge in [0.25, 0.3) is 5.56 Å². The summed E-state index contributed by atoms with van der Waals surface area (Å²) >= 11 is 7.61. The molecule has 1 aromatic heterocycles. The van der Waals surface area contributed by atoms with Crippen LogP contribution in [0.5, 0.6) is 11.5 Å². The number of methoxy groups -OCH3 is 2. The van der Waals surface area contributed by atoms with E-state index in [2.05, 4.69) is 18.2 Å². The van der Waals surface area contributed by atoms with Crippen LogP contribution in [0.15, 0.2) is 82.1 Å². The van der Waals surface area contributed by atoms with Gasteiger partial charge in [-0.25, -0.2) is 4.99 Å². The van der Waals surface area contributed by atoms with Gasteiger partial charge >= 0.3 is 0 Å². The van der Waals surface area contributed by atoms with Crippen molar-refractivity contribution >= 4 is 34.7 Å². The predicted octanol–water partition coefficient (Wildman–Crippen LogP) is 4.99. The van der Waals surface area contributed by atoms with E-state index >= 15 is 0 Å². The molecule has 180 valence electrons. The number of hydrogen-bond acceptors (Lipinski definition) is 5. The largest absolute Gasteiger partial charge is 0.497 e. The van der Waals surface area contributed by atoms with E-state index in [9.17, 15) is 4.79 Å². The second-order valence-corrected chi connectivity index (χ2v) is 10.2. The standard InChI is InChI=1S/C29H23ClN2O3S/c1-34-21-13-9-19(24(16-21)35-2)15-25-28(33)32-27(18-7-11-20(30)12-8-18)23-14-10-17-5-3-4-6-22(17)26(23)31-29(32)36-25/h3-9,11-13,15-16,27H,10,14H2,1-2H3. The van der Waals surface area contributed by atoms with Gasteiger partial charge in [0, 0.05) is 22.2 Å². The Hall–Kier alpha value is -3.61. The van der Waals surface area contributed by atoms with Crippen molar-refractivity contribution < 1.29 is 9.47 Å². The molecule has 0 radical (unpaired) electrons. The Bertz CT molecular complexity index is 1700. The van der Waals surface area contributed by atoms with Gasteiger partial charge in [0.05, 0.1) is 30.5 Å². The van der Waals surface area contributed by atoms with Gasteiger partial charge in [-0.3, -0.25) is 9.36 Å². The molecule has 0 amide bonds. The Morgan fingerprint density at radius 2 is 1.83 bits per heavy atom. The normalized spacial score (nSPS) is 16.6. The second-order valence-electron chi connectivity index (χ2n) is 8.77. The highest BCUT2D eigenvalue weighted by atomic mass is 35.5. The third-order valence-corrected chi connectivity index (χ3v) is 8.02. The first-order chi connectivity index (χ1) is 17.6. The van der Waals surface area contributed by atoms with Gasteiger partial charge in [-0.2, -0.15) is 0 Å². The molecule has 3 aromatic carbocycles. The van der Waals surface area contributed by atoms with E-state index in [1.807, 2.05) is 59.2 Å². The Labute approximate surface area is 217 Å². The summed E-state index contributed by atoms with van der Waals surface area (Å²) in [5.74, 6) is 1.34. The lowest BCUT2D eigenvalue weighted by Gasteiger charge is -2.30. The Morgan fingerprint density at radius 3 is 2.61 bits per heavy atom. The molecule has 0 spiro atoms. The average molecular weight is 515 g/mol. The molecule has 1 atom stereocenters. The monoisotopic (exact) mass is 514 g/mol. The number of allylic oxidation sites excluding steroid dienone is 1. The first kappa shape index (κ1) is 22.8. The van der Waals surface area contributed by atoms with Crippen molar-refractivity contribution in [1.29, 1.82) is 0 Å². The van der Waals surface area contributed by atoms with Crippen LogP contribution >= 0.6 is 22.9 Å². The van der Waals surface area contributed by atoms with Crippen LogP contribution in [-0.2, 0) is 6.42 Å². The molecule has 6 rings (SSSR count). The van der Waals surface area contributed by atoms with Crippen molar-refractivity contribution in [2.24, 2.45) is 4.99 Å². The summed E-state index contributed by atoms with van der Waals surface area (Å²) in [4.78, 5) is 19.6. The van der Waals surface area contributed by atoms with Crippen LogP contribution in [-0.4, -0.2) is 18.8 Å². The lowest BCUT2D eigenvalue weighted by Crippen LogP contribution is -2.38. The van der Waals surface area contributed by atoms with E-state index in [-0.39, 0.29) is 11.6 Å². The highest BCUT2D eigenvalue weighted by molar-refractivity contribution is 7.07. The molecule has 36 heavy (non-hydrogen) atoms. The maximum atomic E-state index is 13.9. The number of nitrogens with zero attached hydrogens (tertiary/aromatic N) is 2. The molecule has 2 heterocycles. The third kappa shape index (κ3) is 3.77. The van der Waals surface area contributed by atoms with Crippen LogP contribution in [0, 0.1) is 0 Å². The van der Waals surface area contributed by atoms with Crippen LogP contribution in [0.2, 0.25) is 5.02 Å². The molecule has 0 saturated carbocycles. The topological polar surface area (TPSA) is 52.8 Å². The van der Waals surface area contributed by atoms with Crippen LogP contribution < -0.4 is 24.4 Å². The number of hydrogen-bond donors (Lipinski definition) is 0. The molecule has 1 unspecified atom stereocenters. The predicted molar refractivity (Wildman–Crippen MR) is 144 cm³/mol. The summed E-state index contributed by atoms with van der Waals surface area (Å²) in [6, 6.07) is 21.5. The molecular formula is C29H23ClN2O3S. The minimum absolute atomic E-state index is 0.0676. The summed E-state index contributed by atoms with van der Waals surface area (Å²) in [5, 5.41) is 0.668. The molecule has 4 aromatic rings. The zero-order chi connectivity index (χ0) is 24.8. The van der Waals surface area contributed by atoms with E-state index in [4.69, 9.17) is 26.1 Å². The Balaban J connectivity index is 1.60. The molecule has 5 nitrogen and oxygen atoms in total. The Morgan fingerprint density at radius 1 is 1.03 bits per heavy atom. The summed E-state index contributed by atoms with van der Waals surface area (Å²) < 4.78 is 13.3. The van der Waals surface area contributed by atoms with Gasteiger partial charge in [0.1, 0.15) is 11.5 Å². The number of fused-ring (bicyclic) bond motifs is 3. The highest BCUT2D eigenvalue weighted by Gasteiger charge is 2.32. The summed E-state index contributed by atoms with van der Waals surface area (Å²) in [6.07, 6.45) is 3.64. The fraction of sp³-hybridized carbons (Fsp3) is 0.172. The van der Waals surface area contributed by atoms with Crippen molar-refractivity contribution in [2.75, 3.05) is 14.2 Å². The number of aromatic nitrogens is 1. The lowest BCUT2D eigenvalue weighted by molar-refractivity contribution is 0.393. The van der Waals surface area contributed by atoms with Gasteiger partial charge in [-0.05, 0) is 59.9 Å². The minimum atomic E-state index is -0.234.